The standard InChI is InChI=1S/C17H22N2O2/c1-3-8-17(2,12-20)19-16(21)10-13-9-14-6-4-5-7-15(14)18-11-13/h4-7,9,11,20H,3,8,10,12H2,1-2H3,(H,19,21)/t17-/m1/s1. The fourth-order valence-corrected chi connectivity index (χ4v) is 2.51. The van der Waals surface area contributed by atoms with Gasteiger partial charge < -0.3 is 10.4 Å². The monoisotopic (exact) mass is 286 g/mol. The second-order valence-corrected chi connectivity index (χ2v) is 5.73. The molecule has 0 aliphatic heterocycles. The molecule has 0 radical (unpaired) electrons. The second kappa shape index (κ2) is 6.68. The van der Waals surface area contributed by atoms with Crippen molar-refractivity contribution in [1.29, 1.82) is 0 Å². The first-order chi connectivity index (χ1) is 10.1. The number of fused-ring (bicyclic) bond motifs is 1. The van der Waals surface area contributed by atoms with Gasteiger partial charge in [0.05, 0.1) is 24.1 Å². The van der Waals surface area contributed by atoms with Crippen LogP contribution in [0.15, 0.2) is 36.5 Å². The van der Waals surface area contributed by atoms with Gasteiger partial charge in [0, 0.05) is 11.6 Å². The van der Waals surface area contributed by atoms with Crippen molar-refractivity contribution in [3.63, 3.8) is 0 Å². The number of nitrogens with one attached hydrogen (secondary N) is 1. The maximum Gasteiger partial charge on any atom is 0.224 e. The highest BCUT2D eigenvalue weighted by molar-refractivity contribution is 5.83. The first-order valence-corrected chi connectivity index (χ1v) is 7.32. The highest BCUT2D eigenvalue weighted by Crippen LogP contribution is 2.15. The third kappa shape index (κ3) is 4.02. The SMILES string of the molecule is CCC[C@](C)(CO)NC(=O)Cc1cnc2ccccc2c1. The van der Waals surface area contributed by atoms with Gasteiger partial charge in [0.15, 0.2) is 0 Å². The largest absolute Gasteiger partial charge is 0.394 e. The maximum atomic E-state index is 12.1. The number of pyridine rings is 1. The van der Waals surface area contributed by atoms with Gasteiger partial charge in [0.2, 0.25) is 5.91 Å². The van der Waals surface area contributed by atoms with E-state index in [1.807, 2.05) is 44.2 Å². The molecule has 21 heavy (non-hydrogen) atoms. The van der Waals surface area contributed by atoms with Gasteiger partial charge in [0.25, 0.3) is 0 Å². The highest BCUT2D eigenvalue weighted by atomic mass is 16.3. The fourth-order valence-electron chi connectivity index (χ4n) is 2.51. The van der Waals surface area contributed by atoms with Gasteiger partial charge in [-0.3, -0.25) is 9.78 Å². The number of rotatable bonds is 6. The number of para-hydroxylation sites is 1. The first kappa shape index (κ1) is 15.4. The van der Waals surface area contributed by atoms with E-state index >= 15 is 0 Å². The van der Waals surface area contributed by atoms with Crippen molar-refractivity contribution in [1.82, 2.24) is 10.3 Å². The van der Waals surface area contributed by atoms with Crippen molar-refractivity contribution in [3.05, 3.63) is 42.1 Å². The van der Waals surface area contributed by atoms with Crippen molar-refractivity contribution in [2.75, 3.05) is 6.61 Å². The third-order valence-electron chi connectivity index (χ3n) is 3.60. The van der Waals surface area contributed by atoms with Crippen molar-refractivity contribution < 1.29 is 9.90 Å². The zero-order chi connectivity index (χ0) is 15.3. The molecule has 1 aromatic carbocycles. The van der Waals surface area contributed by atoms with Crippen LogP contribution in [0.2, 0.25) is 0 Å². The summed E-state index contributed by atoms with van der Waals surface area (Å²) in [5.74, 6) is -0.0860. The summed E-state index contributed by atoms with van der Waals surface area (Å²) in [6.07, 6.45) is 3.68. The summed E-state index contributed by atoms with van der Waals surface area (Å²) in [4.78, 5) is 16.5. The molecule has 4 nitrogen and oxygen atoms in total. The van der Waals surface area contributed by atoms with Gasteiger partial charge in [0.1, 0.15) is 0 Å². The van der Waals surface area contributed by atoms with Crippen molar-refractivity contribution in [2.24, 2.45) is 0 Å². The molecule has 0 saturated carbocycles. The summed E-state index contributed by atoms with van der Waals surface area (Å²) in [6, 6.07) is 9.82. The Hall–Kier alpha value is -1.94. The Morgan fingerprint density at radius 2 is 2.14 bits per heavy atom. The van der Waals surface area contributed by atoms with E-state index in [1.54, 1.807) is 6.20 Å². The van der Waals surface area contributed by atoms with Crippen LogP contribution in [0.3, 0.4) is 0 Å². The Bertz CT molecular complexity index is 627. The molecular formula is C17H22N2O2. The zero-order valence-electron chi connectivity index (χ0n) is 12.6. The van der Waals surface area contributed by atoms with Crippen LogP contribution >= 0.6 is 0 Å². The van der Waals surface area contributed by atoms with Crippen molar-refractivity contribution in [2.45, 2.75) is 38.6 Å². The summed E-state index contributed by atoms with van der Waals surface area (Å²) < 4.78 is 0. The molecule has 1 aromatic heterocycles. The summed E-state index contributed by atoms with van der Waals surface area (Å²) >= 11 is 0. The molecule has 4 heteroatoms. The van der Waals surface area contributed by atoms with Crippen LogP contribution in [0.4, 0.5) is 0 Å². The van der Waals surface area contributed by atoms with Crippen LogP contribution < -0.4 is 5.32 Å². The van der Waals surface area contributed by atoms with E-state index in [0.717, 1.165) is 29.3 Å². The predicted molar refractivity (Wildman–Crippen MR) is 84.0 cm³/mol. The molecule has 0 bridgehead atoms. The first-order valence-electron chi connectivity index (χ1n) is 7.32. The molecule has 2 rings (SSSR count). The van der Waals surface area contributed by atoms with Crippen LogP contribution in [0.1, 0.15) is 32.3 Å². The predicted octanol–water partition coefficient (Wildman–Crippen LogP) is 2.44. The molecule has 0 aliphatic rings. The Morgan fingerprint density at radius 1 is 1.38 bits per heavy atom. The van der Waals surface area contributed by atoms with E-state index in [1.165, 1.54) is 0 Å². The maximum absolute atomic E-state index is 12.1. The minimum Gasteiger partial charge on any atom is -0.394 e. The van der Waals surface area contributed by atoms with E-state index < -0.39 is 5.54 Å². The molecule has 2 N–H and O–H groups in total. The van der Waals surface area contributed by atoms with Crippen LogP contribution in [-0.2, 0) is 11.2 Å². The number of aliphatic hydroxyl groups excluding tert-OH is 1. The lowest BCUT2D eigenvalue weighted by Crippen LogP contribution is -2.49. The normalized spacial score (nSPS) is 13.9. The van der Waals surface area contributed by atoms with Crippen molar-refractivity contribution >= 4 is 16.8 Å². The van der Waals surface area contributed by atoms with E-state index in [9.17, 15) is 9.90 Å². The quantitative estimate of drug-likeness (QED) is 0.857. The minimum atomic E-state index is -0.546. The van der Waals surface area contributed by atoms with E-state index in [0.29, 0.717) is 0 Å². The number of hydrogen-bond acceptors (Lipinski definition) is 3. The Kier molecular flexibility index (Phi) is 4.91. The van der Waals surface area contributed by atoms with Crippen LogP contribution in [-0.4, -0.2) is 28.1 Å². The average Bonchev–Trinajstić information content (AvgIpc) is 2.47. The molecule has 0 unspecified atom stereocenters. The fraction of sp³-hybridized carbons (Fsp3) is 0.412. The summed E-state index contributed by atoms with van der Waals surface area (Å²) in [7, 11) is 0. The molecule has 0 spiro atoms. The van der Waals surface area contributed by atoms with Crippen LogP contribution in [0.5, 0.6) is 0 Å². The minimum absolute atomic E-state index is 0.0530. The number of carbonyl (C=O) groups is 1. The lowest BCUT2D eigenvalue weighted by atomic mass is 9.97. The Balaban J connectivity index is 2.07. The molecular weight excluding hydrogens is 264 g/mol. The van der Waals surface area contributed by atoms with E-state index in [-0.39, 0.29) is 18.9 Å². The summed E-state index contributed by atoms with van der Waals surface area (Å²) in [5, 5.41) is 13.4. The van der Waals surface area contributed by atoms with Crippen LogP contribution in [0, 0.1) is 0 Å². The van der Waals surface area contributed by atoms with Crippen LogP contribution in [0.25, 0.3) is 10.9 Å². The third-order valence-corrected chi connectivity index (χ3v) is 3.60. The van der Waals surface area contributed by atoms with Gasteiger partial charge in [-0.1, -0.05) is 31.5 Å². The van der Waals surface area contributed by atoms with Gasteiger partial charge in [-0.2, -0.15) is 0 Å². The molecule has 2 aromatic rings. The van der Waals surface area contributed by atoms with Gasteiger partial charge >= 0.3 is 0 Å². The number of amides is 1. The van der Waals surface area contributed by atoms with Gasteiger partial charge in [-0.05, 0) is 31.0 Å². The number of hydrogen-bond donors (Lipinski definition) is 2. The highest BCUT2D eigenvalue weighted by Gasteiger charge is 2.24. The number of carbonyl (C=O) groups excluding carboxylic acids is 1. The summed E-state index contributed by atoms with van der Waals surface area (Å²) in [6.45, 7) is 3.85. The number of nitrogens with zero attached hydrogens (tertiary/aromatic N) is 1. The Morgan fingerprint density at radius 3 is 2.86 bits per heavy atom. The number of benzene rings is 1. The van der Waals surface area contributed by atoms with Gasteiger partial charge in [-0.15, -0.1) is 0 Å². The summed E-state index contributed by atoms with van der Waals surface area (Å²) in [5.41, 5.74) is 1.26. The number of aliphatic hydroxyl groups is 1. The van der Waals surface area contributed by atoms with Crippen molar-refractivity contribution in [3.8, 4) is 0 Å². The second-order valence-electron chi connectivity index (χ2n) is 5.73. The zero-order valence-corrected chi connectivity index (χ0v) is 12.6. The Labute approximate surface area is 125 Å². The van der Waals surface area contributed by atoms with E-state index in [4.69, 9.17) is 0 Å². The molecule has 1 heterocycles. The lowest BCUT2D eigenvalue weighted by molar-refractivity contribution is -0.122. The van der Waals surface area contributed by atoms with E-state index in [2.05, 4.69) is 10.3 Å². The molecule has 1 atom stereocenters. The molecule has 1 amide bonds. The molecule has 0 aliphatic carbocycles. The molecule has 0 fully saturated rings. The number of aromatic nitrogens is 1. The molecule has 0 saturated heterocycles. The van der Waals surface area contributed by atoms with Gasteiger partial charge in [-0.25, -0.2) is 0 Å². The lowest BCUT2D eigenvalue weighted by Gasteiger charge is -2.28. The topological polar surface area (TPSA) is 62.2 Å². The average molecular weight is 286 g/mol. The molecule has 112 valence electrons. The smallest absolute Gasteiger partial charge is 0.224 e.